The molecule has 6 nitrogen and oxygen atoms in total. The van der Waals surface area contributed by atoms with Gasteiger partial charge in [-0.15, -0.1) is 0 Å². The van der Waals surface area contributed by atoms with Crippen LogP contribution in [0.2, 0.25) is 0 Å². The first-order valence-corrected chi connectivity index (χ1v) is 7.75. The van der Waals surface area contributed by atoms with Crippen LogP contribution in [0.5, 0.6) is 0 Å². The lowest BCUT2D eigenvalue weighted by molar-refractivity contribution is -0.00523. The zero-order chi connectivity index (χ0) is 16.6. The monoisotopic (exact) mass is 316 g/mol. The lowest BCUT2D eigenvalue weighted by Gasteiger charge is -2.38. The fourth-order valence-electron chi connectivity index (χ4n) is 3.42. The highest BCUT2D eigenvalue weighted by Gasteiger charge is 2.47. The molecule has 0 unspecified atom stereocenters. The molecule has 2 saturated heterocycles. The summed E-state index contributed by atoms with van der Waals surface area (Å²) in [5.41, 5.74) is 0.220. The Morgan fingerprint density at radius 2 is 1.87 bits per heavy atom. The molecule has 1 spiro atoms. The van der Waals surface area contributed by atoms with Gasteiger partial charge in [-0.1, -0.05) is 18.2 Å². The number of benzene rings is 1. The van der Waals surface area contributed by atoms with E-state index in [2.05, 4.69) is 0 Å². The smallest absolute Gasteiger partial charge is 0.410 e. The fraction of sp³-hybridized carbons (Fsp3) is 0.471. The van der Waals surface area contributed by atoms with Crippen molar-refractivity contribution < 1.29 is 19.1 Å². The highest BCUT2D eigenvalue weighted by atomic mass is 16.6. The third kappa shape index (κ3) is 2.81. The molecule has 2 fully saturated rings. The average molecular weight is 316 g/mol. The Morgan fingerprint density at radius 1 is 1.17 bits per heavy atom. The van der Waals surface area contributed by atoms with E-state index in [1.165, 1.54) is 11.8 Å². The maximum atomic E-state index is 12.8. The predicted molar refractivity (Wildman–Crippen MR) is 83.4 cm³/mol. The van der Waals surface area contributed by atoms with Crippen molar-refractivity contribution in [2.45, 2.75) is 25.4 Å². The lowest BCUT2D eigenvalue weighted by atomic mass is 9.92. The first kappa shape index (κ1) is 15.5. The molecule has 0 radical (unpaired) electrons. The first-order valence-electron chi connectivity index (χ1n) is 7.75. The number of likely N-dealkylation sites (N-methyl/N-ethyl adjacent to an activating group) is 1. The van der Waals surface area contributed by atoms with Crippen LogP contribution in [-0.2, 0) is 4.74 Å². The number of piperidine rings is 1. The van der Waals surface area contributed by atoms with Crippen molar-refractivity contribution in [2.24, 2.45) is 0 Å². The summed E-state index contributed by atoms with van der Waals surface area (Å²) in [7, 11) is 1.70. The summed E-state index contributed by atoms with van der Waals surface area (Å²) in [5, 5.41) is 0. The van der Waals surface area contributed by atoms with Crippen LogP contribution < -0.4 is 0 Å². The van der Waals surface area contributed by atoms with Crippen LogP contribution in [0.15, 0.2) is 24.3 Å². The van der Waals surface area contributed by atoms with E-state index < -0.39 is 5.60 Å². The Bertz CT molecular complexity index is 672. The Kier molecular flexibility index (Phi) is 3.83. The van der Waals surface area contributed by atoms with Gasteiger partial charge in [0.15, 0.2) is 5.78 Å². The third-order valence-corrected chi connectivity index (χ3v) is 4.50. The Hall–Kier alpha value is -2.37. The molecule has 1 atom stereocenters. The number of Topliss-reactive ketones (excluding diaryl/α,β-unsaturated/α-hetero) is 1. The van der Waals surface area contributed by atoms with Crippen LogP contribution in [0, 0.1) is 0 Å². The van der Waals surface area contributed by atoms with Gasteiger partial charge in [-0.2, -0.15) is 0 Å². The molecule has 0 N–H and O–H groups in total. The highest BCUT2D eigenvalue weighted by molar-refractivity contribution is 6.07. The van der Waals surface area contributed by atoms with Gasteiger partial charge in [0.25, 0.3) is 5.91 Å². The number of nitrogens with zero attached hydrogens (tertiary/aromatic N) is 2. The average Bonchev–Trinajstić information content (AvgIpc) is 2.80. The quantitative estimate of drug-likeness (QED) is 0.782. The third-order valence-electron chi connectivity index (χ3n) is 4.50. The number of rotatable bonds is 2. The van der Waals surface area contributed by atoms with E-state index in [1.54, 1.807) is 36.2 Å². The van der Waals surface area contributed by atoms with E-state index in [1.807, 2.05) is 0 Å². The summed E-state index contributed by atoms with van der Waals surface area (Å²) in [5.74, 6) is -0.312. The van der Waals surface area contributed by atoms with Gasteiger partial charge in [0, 0.05) is 19.2 Å². The van der Waals surface area contributed by atoms with Gasteiger partial charge in [0.1, 0.15) is 5.60 Å². The fourth-order valence-corrected chi connectivity index (χ4v) is 3.42. The van der Waals surface area contributed by atoms with E-state index in [0.717, 1.165) is 12.8 Å². The van der Waals surface area contributed by atoms with Gasteiger partial charge < -0.3 is 14.5 Å². The zero-order valence-electron chi connectivity index (χ0n) is 13.4. The number of carbonyl (C=O) groups is 3. The van der Waals surface area contributed by atoms with Gasteiger partial charge in [-0.3, -0.25) is 9.59 Å². The second-order valence-electron chi connectivity index (χ2n) is 6.34. The molecule has 6 heteroatoms. The second-order valence-corrected chi connectivity index (χ2v) is 6.34. The first-order chi connectivity index (χ1) is 10.9. The summed E-state index contributed by atoms with van der Waals surface area (Å²) in [6.45, 7) is 2.92. The number of ether oxygens (including phenoxy) is 1. The van der Waals surface area contributed by atoms with Crippen molar-refractivity contribution in [3.8, 4) is 0 Å². The Labute approximate surface area is 135 Å². The van der Waals surface area contributed by atoms with Crippen molar-refractivity contribution in [1.82, 2.24) is 9.80 Å². The van der Waals surface area contributed by atoms with Gasteiger partial charge in [0.2, 0.25) is 0 Å². The molecule has 0 aliphatic carbocycles. The standard InChI is InChI=1S/C17H20N2O4/c1-12(20)13-6-3-4-7-14(13)15(21)19-9-5-8-17(11-19)10-18(2)16(22)23-17/h3-4,6-7H,5,8-11H2,1-2H3/t17-/m0/s1. The van der Waals surface area contributed by atoms with Crippen molar-refractivity contribution in [1.29, 1.82) is 0 Å². The number of carbonyl (C=O) groups excluding carboxylic acids is 3. The highest BCUT2D eigenvalue weighted by Crippen LogP contribution is 2.32. The van der Waals surface area contributed by atoms with Crippen LogP contribution >= 0.6 is 0 Å². The van der Waals surface area contributed by atoms with Crippen molar-refractivity contribution in [2.75, 3.05) is 26.7 Å². The molecule has 2 heterocycles. The summed E-state index contributed by atoms with van der Waals surface area (Å²) < 4.78 is 5.52. The normalized spacial score (nSPS) is 24.0. The molecular formula is C17H20N2O4. The lowest BCUT2D eigenvalue weighted by Crippen LogP contribution is -2.52. The van der Waals surface area contributed by atoms with Gasteiger partial charge in [-0.25, -0.2) is 4.79 Å². The number of ketones is 1. The van der Waals surface area contributed by atoms with Crippen LogP contribution in [0.25, 0.3) is 0 Å². The molecule has 0 aromatic heterocycles. The molecule has 23 heavy (non-hydrogen) atoms. The van der Waals surface area contributed by atoms with Crippen LogP contribution in [-0.4, -0.2) is 59.9 Å². The maximum absolute atomic E-state index is 12.8. The Balaban J connectivity index is 1.84. The molecular weight excluding hydrogens is 296 g/mol. The molecule has 122 valence electrons. The van der Waals surface area contributed by atoms with Crippen molar-refractivity contribution in [3.63, 3.8) is 0 Å². The SMILES string of the molecule is CC(=O)c1ccccc1C(=O)N1CCC[C@]2(CN(C)C(=O)O2)C1. The Morgan fingerprint density at radius 3 is 2.48 bits per heavy atom. The number of hydrogen-bond donors (Lipinski definition) is 0. The second kappa shape index (κ2) is 5.68. The minimum absolute atomic E-state index is 0.132. The maximum Gasteiger partial charge on any atom is 0.410 e. The van der Waals surface area contributed by atoms with Crippen LogP contribution in [0.3, 0.4) is 0 Å². The van der Waals surface area contributed by atoms with Crippen molar-refractivity contribution >= 4 is 17.8 Å². The van der Waals surface area contributed by atoms with E-state index in [0.29, 0.717) is 30.8 Å². The number of amides is 2. The van der Waals surface area contributed by atoms with E-state index in [-0.39, 0.29) is 17.8 Å². The number of hydrogen-bond acceptors (Lipinski definition) is 4. The predicted octanol–water partition coefficient (Wildman–Crippen LogP) is 1.95. The van der Waals surface area contributed by atoms with Crippen molar-refractivity contribution in [3.05, 3.63) is 35.4 Å². The van der Waals surface area contributed by atoms with Crippen LogP contribution in [0.1, 0.15) is 40.5 Å². The molecule has 3 rings (SSSR count). The minimum atomic E-state index is -0.620. The topological polar surface area (TPSA) is 66.9 Å². The summed E-state index contributed by atoms with van der Waals surface area (Å²) >= 11 is 0. The largest absolute Gasteiger partial charge is 0.439 e. The number of likely N-dealkylation sites (tertiary alicyclic amines) is 1. The van der Waals surface area contributed by atoms with Gasteiger partial charge >= 0.3 is 6.09 Å². The summed E-state index contributed by atoms with van der Waals surface area (Å²) in [6.07, 6.45) is 1.18. The van der Waals surface area contributed by atoms with E-state index in [9.17, 15) is 14.4 Å². The molecule has 2 amide bonds. The molecule has 0 bridgehead atoms. The summed E-state index contributed by atoms with van der Waals surface area (Å²) in [4.78, 5) is 39.5. The zero-order valence-corrected chi connectivity index (χ0v) is 13.4. The molecule has 1 aromatic rings. The molecule has 2 aliphatic heterocycles. The molecule has 0 saturated carbocycles. The van der Waals surface area contributed by atoms with E-state index in [4.69, 9.17) is 4.74 Å². The molecule has 1 aromatic carbocycles. The molecule has 2 aliphatic rings. The van der Waals surface area contributed by atoms with Gasteiger partial charge in [-0.05, 0) is 25.8 Å². The van der Waals surface area contributed by atoms with Crippen LogP contribution in [0.4, 0.5) is 4.79 Å². The van der Waals surface area contributed by atoms with Gasteiger partial charge in [0.05, 0.1) is 18.7 Å². The minimum Gasteiger partial charge on any atom is -0.439 e. The van der Waals surface area contributed by atoms with E-state index >= 15 is 0 Å². The summed E-state index contributed by atoms with van der Waals surface area (Å²) in [6, 6.07) is 6.84.